The molecule has 1 aromatic carbocycles. The summed E-state index contributed by atoms with van der Waals surface area (Å²) in [5, 5.41) is 3.61. The lowest BCUT2D eigenvalue weighted by Crippen LogP contribution is -2.31. The Morgan fingerprint density at radius 1 is 1.33 bits per heavy atom. The zero-order valence-corrected chi connectivity index (χ0v) is 13.7. The number of benzene rings is 1. The predicted octanol–water partition coefficient (Wildman–Crippen LogP) is 3.65. The first-order valence-electron chi connectivity index (χ1n) is 6.34. The van der Waals surface area contributed by atoms with E-state index in [1.165, 1.54) is 5.56 Å². The molecule has 0 saturated heterocycles. The van der Waals surface area contributed by atoms with Gasteiger partial charge in [0, 0.05) is 39.4 Å². The molecule has 0 amide bonds. The monoisotopic (exact) mass is 331 g/mol. The molecule has 1 aromatic rings. The van der Waals surface area contributed by atoms with Gasteiger partial charge < -0.3 is 5.32 Å². The van der Waals surface area contributed by atoms with Gasteiger partial charge >= 0.3 is 0 Å². The van der Waals surface area contributed by atoms with Gasteiger partial charge in [0.05, 0.1) is 0 Å². The molecule has 0 aliphatic carbocycles. The van der Waals surface area contributed by atoms with E-state index < -0.39 is 10.8 Å². The molecule has 3 unspecified atom stereocenters. The van der Waals surface area contributed by atoms with Crippen molar-refractivity contribution in [2.75, 3.05) is 12.0 Å². The summed E-state index contributed by atoms with van der Waals surface area (Å²) in [5.74, 6) is 0.769. The van der Waals surface area contributed by atoms with Crippen molar-refractivity contribution in [1.29, 1.82) is 0 Å². The minimum Gasteiger partial charge on any atom is -0.307 e. The highest BCUT2D eigenvalue weighted by molar-refractivity contribution is 9.10. The number of halogens is 1. The second kappa shape index (κ2) is 8.08. The van der Waals surface area contributed by atoms with Crippen LogP contribution in [0.2, 0.25) is 0 Å². The van der Waals surface area contributed by atoms with Crippen LogP contribution in [0.1, 0.15) is 38.3 Å². The average Bonchev–Trinajstić information content (AvgIpc) is 2.34. The van der Waals surface area contributed by atoms with Crippen molar-refractivity contribution in [3.8, 4) is 0 Å². The lowest BCUT2D eigenvalue weighted by atomic mass is 10.0. The van der Waals surface area contributed by atoms with E-state index in [1.807, 2.05) is 0 Å². The number of rotatable bonds is 7. The van der Waals surface area contributed by atoms with Gasteiger partial charge in [-0.05, 0) is 37.5 Å². The largest absolute Gasteiger partial charge is 0.307 e. The van der Waals surface area contributed by atoms with Crippen molar-refractivity contribution in [2.24, 2.45) is 0 Å². The van der Waals surface area contributed by atoms with Crippen molar-refractivity contribution in [3.05, 3.63) is 34.3 Å². The third-order valence-electron chi connectivity index (χ3n) is 3.00. The number of nitrogens with one attached hydrogen (secondary N) is 1. The Balaban J connectivity index is 2.56. The predicted molar refractivity (Wildman–Crippen MR) is 83.3 cm³/mol. The SMILES string of the molecule is CCC(NC(C)CCS(C)=O)c1ccc(Br)cc1. The molecule has 3 atom stereocenters. The van der Waals surface area contributed by atoms with Crippen LogP contribution in [-0.2, 0) is 10.8 Å². The van der Waals surface area contributed by atoms with Gasteiger partial charge in [0.25, 0.3) is 0 Å². The molecule has 0 saturated carbocycles. The topological polar surface area (TPSA) is 29.1 Å². The fourth-order valence-corrected chi connectivity index (χ4v) is 2.86. The smallest absolute Gasteiger partial charge is 0.0319 e. The van der Waals surface area contributed by atoms with Gasteiger partial charge in [0.1, 0.15) is 0 Å². The van der Waals surface area contributed by atoms with Crippen LogP contribution < -0.4 is 5.32 Å². The summed E-state index contributed by atoms with van der Waals surface area (Å²) in [6.07, 6.45) is 3.77. The summed E-state index contributed by atoms with van der Waals surface area (Å²) in [7, 11) is -0.697. The average molecular weight is 332 g/mol. The Kier molecular flexibility index (Phi) is 7.12. The Labute approximate surface area is 121 Å². The lowest BCUT2D eigenvalue weighted by molar-refractivity contribution is 0.438. The van der Waals surface area contributed by atoms with Crippen LogP contribution in [0, 0.1) is 0 Å². The van der Waals surface area contributed by atoms with E-state index in [9.17, 15) is 4.21 Å². The molecule has 1 N–H and O–H groups in total. The molecule has 0 aromatic heterocycles. The van der Waals surface area contributed by atoms with Crippen LogP contribution in [0.3, 0.4) is 0 Å². The molecule has 2 nitrogen and oxygen atoms in total. The van der Waals surface area contributed by atoms with Gasteiger partial charge in [-0.2, -0.15) is 0 Å². The first-order valence-corrected chi connectivity index (χ1v) is 8.86. The fraction of sp³-hybridized carbons (Fsp3) is 0.571. The van der Waals surface area contributed by atoms with E-state index in [-0.39, 0.29) is 0 Å². The second-order valence-electron chi connectivity index (χ2n) is 4.65. The van der Waals surface area contributed by atoms with E-state index >= 15 is 0 Å². The lowest BCUT2D eigenvalue weighted by Gasteiger charge is -2.22. The van der Waals surface area contributed by atoms with Crippen LogP contribution in [-0.4, -0.2) is 22.3 Å². The third-order valence-corrected chi connectivity index (χ3v) is 4.34. The number of hydrogen-bond donors (Lipinski definition) is 1. The maximum absolute atomic E-state index is 11.1. The molecule has 0 radical (unpaired) electrons. The van der Waals surface area contributed by atoms with Gasteiger partial charge in [-0.25, -0.2) is 0 Å². The van der Waals surface area contributed by atoms with Crippen molar-refractivity contribution in [2.45, 2.75) is 38.8 Å². The maximum Gasteiger partial charge on any atom is 0.0319 e. The standard InChI is InChI=1S/C14H22BrNOS/c1-4-14(12-5-7-13(15)8-6-12)16-11(2)9-10-18(3)17/h5-8,11,14,16H,4,9-10H2,1-3H3. The van der Waals surface area contributed by atoms with Crippen LogP contribution >= 0.6 is 15.9 Å². The Bertz CT molecular complexity index is 380. The highest BCUT2D eigenvalue weighted by atomic mass is 79.9. The summed E-state index contributed by atoms with van der Waals surface area (Å²) in [4.78, 5) is 0. The molecule has 18 heavy (non-hydrogen) atoms. The molecule has 0 fully saturated rings. The zero-order valence-electron chi connectivity index (χ0n) is 11.3. The van der Waals surface area contributed by atoms with Crippen molar-refractivity contribution < 1.29 is 4.21 Å². The molecule has 0 aliphatic heterocycles. The van der Waals surface area contributed by atoms with Crippen molar-refractivity contribution in [1.82, 2.24) is 5.32 Å². The first kappa shape index (κ1) is 15.9. The minimum absolute atomic E-state index is 0.374. The van der Waals surface area contributed by atoms with E-state index in [0.717, 1.165) is 23.1 Å². The summed E-state index contributed by atoms with van der Waals surface area (Å²) >= 11 is 3.45. The minimum atomic E-state index is -0.697. The Morgan fingerprint density at radius 3 is 2.44 bits per heavy atom. The quantitative estimate of drug-likeness (QED) is 0.826. The summed E-state index contributed by atoms with van der Waals surface area (Å²) < 4.78 is 12.2. The van der Waals surface area contributed by atoms with E-state index in [4.69, 9.17) is 0 Å². The highest BCUT2D eigenvalue weighted by Gasteiger charge is 2.12. The second-order valence-corrected chi connectivity index (χ2v) is 7.12. The first-order chi connectivity index (χ1) is 8.52. The molecular weight excluding hydrogens is 310 g/mol. The van der Waals surface area contributed by atoms with Crippen LogP contribution in [0.15, 0.2) is 28.7 Å². The van der Waals surface area contributed by atoms with E-state index in [0.29, 0.717) is 12.1 Å². The third kappa shape index (κ3) is 5.63. The molecule has 1 rings (SSSR count). The Morgan fingerprint density at radius 2 is 1.94 bits per heavy atom. The zero-order chi connectivity index (χ0) is 13.5. The van der Waals surface area contributed by atoms with Gasteiger partial charge in [-0.1, -0.05) is 35.0 Å². The van der Waals surface area contributed by atoms with Crippen LogP contribution in [0.5, 0.6) is 0 Å². The maximum atomic E-state index is 11.1. The highest BCUT2D eigenvalue weighted by Crippen LogP contribution is 2.20. The molecule has 0 spiro atoms. The molecule has 0 aliphatic rings. The summed E-state index contributed by atoms with van der Waals surface area (Å²) in [6, 6.07) is 9.21. The van der Waals surface area contributed by atoms with Crippen molar-refractivity contribution in [3.63, 3.8) is 0 Å². The number of hydrogen-bond acceptors (Lipinski definition) is 2. The van der Waals surface area contributed by atoms with Gasteiger partial charge in [0.15, 0.2) is 0 Å². The van der Waals surface area contributed by atoms with Crippen LogP contribution in [0.4, 0.5) is 0 Å². The summed E-state index contributed by atoms with van der Waals surface area (Å²) in [5.41, 5.74) is 1.31. The molecule has 102 valence electrons. The van der Waals surface area contributed by atoms with Gasteiger partial charge in [-0.15, -0.1) is 0 Å². The molecule has 0 bridgehead atoms. The summed E-state index contributed by atoms with van der Waals surface area (Å²) in [6.45, 7) is 4.35. The Hall–Kier alpha value is -0.190. The normalized spacial score (nSPS) is 16.2. The molecule has 4 heteroatoms. The van der Waals surface area contributed by atoms with Gasteiger partial charge in [0.2, 0.25) is 0 Å². The van der Waals surface area contributed by atoms with E-state index in [2.05, 4.69) is 59.4 Å². The van der Waals surface area contributed by atoms with Crippen molar-refractivity contribution >= 4 is 26.7 Å². The van der Waals surface area contributed by atoms with Gasteiger partial charge in [-0.3, -0.25) is 4.21 Å². The van der Waals surface area contributed by atoms with Crippen LogP contribution in [0.25, 0.3) is 0 Å². The van der Waals surface area contributed by atoms with E-state index in [1.54, 1.807) is 6.26 Å². The molecule has 0 heterocycles. The molecular formula is C14H22BrNOS. The fourth-order valence-electron chi connectivity index (χ4n) is 1.91.